The largest absolute Gasteiger partial charge is 0.383 e. The fourth-order valence-corrected chi connectivity index (χ4v) is 1.27. The van der Waals surface area contributed by atoms with Gasteiger partial charge < -0.3 is 15.3 Å². The molecule has 2 N–H and O–H groups in total. The summed E-state index contributed by atoms with van der Waals surface area (Å²) in [6.07, 6.45) is -0.300. The number of carbonyl (C=O) groups is 1. The summed E-state index contributed by atoms with van der Waals surface area (Å²) in [6, 6.07) is 0. The zero-order chi connectivity index (χ0) is 8.97. The van der Waals surface area contributed by atoms with Crippen LogP contribution < -0.4 is 5.32 Å². The van der Waals surface area contributed by atoms with Gasteiger partial charge in [0.25, 0.3) is 5.91 Å². The van der Waals surface area contributed by atoms with Gasteiger partial charge in [0.05, 0.1) is 0 Å². The van der Waals surface area contributed by atoms with Crippen molar-refractivity contribution in [2.45, 2.75) is 19.4 Å². The molecule has 1 aliphatic heterocycles. The normalized spacial score (nSPS) is 20.7. The summed E-state index contributed by atoms with van der Waals surface area (Å²) in [5, 5.41) is 12.4. The van der Waals surface area contributed by atoms with E-state index >= 15 is 0 Å². The van der Waals surface area contributed by atoms with Crippen LogP contribution in [0.15, 0.2) is 0 Å². The first-order valence-electron chi connectivity index (χ1n) is 4.43. The number of aliphatic hydroxyl groups is 1. The number of piperazine rings is 1. The number of hydrogen-bond acceptors (Lipinski definition) is 3. The number of hydrogen-bond donors (Lipinski definition) is 2. The van der Waals surface area contributed by atoms with Crippen LogP contribution in [0.4, 0.5) is 0 Å². The second kappa shape index (κ2) is 4.42. The highest BCUT2D eigenvalue weighted by Crippen LogP contribution is 2.00. The van der Waals surface area contributed by atoms with Crippen molar-refractivity contribution in [3.05, 3.63) is 0 Å². The van der Waals surface area contributed by atoms with Gasteiger partial charge in [-0.15, -0.1) is 0 Å². The van der Waals surface area contributed by atoms with Gasteiger partial charge in [0.15, 0.2) is 0 Å². The van der Waals surface area contributed by atoms with Gasteiger partial charge in [-0.05, 0) is 6.42 Å². The zero-order valence-corrected chi connectivity index (χ0v) is 7.42. The fraction of sp³-hybridized carbons (Fsp3) is 0.875. The average molecular weight is 172 g/mol. The Morgan fingerprint density at radius 1 is 1.58 bits per heavy atom. The molecule has 1 saturated heterocycles. The van der Waals surface area contributed by atoms with E-state index in [1.165, 1.54) is 0 Å². The van der Waals surface area contributed by atoms with Crippen molar-refractivity contribution in [1.82, 2.24) is 10.2 Å². The molecular formula is C8H16N2O2. The number of nitrogens with zero attached hydrogens (tertiary/aromatic N) is 1. The van der Waals surface area contributed by atoms with Crippen LogP contribution in [0.3, 0.4) is 0 Å². The summed E-state index contributed by atoms with van der Waals surface area (Å²) in [5.41, 5.74) is 0. The summed E-state index contributed by atoms with van der Waals surface area (Å²) in [7, 11) is 0. The van der Waals surface area contributed by atoms with Crippen molar-refractivity contribution in [1.29, 1.82) is 0 Å². The Kier molecular flexibility index (Phi) is 3.49. The van der Waals surface area contributed by atoms with Crippen LogP contribution in [-0.2, 0) is 4.79 Å². The van der Waals surface area contributed by atoms with Gasteiger partial charge in [-0.2, -0.15) is 0 Å². The predicted octanol–water partition coefficient (Wildman–Crippen LogP) is -0.811. The van der Waals surface area contributed by atoms with E-state index in [-0.39, 0.29) is 5.91 Å². The summed E-state index contributed by atoms with van der Waals surface area (Å²) in [6.45, 7) is 4.92. The number of amides is 1. The number of nitrogens with one attached hydrogen (secondary N) is 1. The number of rotatable bonds is 2. The van der Waals surface area contributed by atoms with Gasteiger partial charge in [0.1, 0.15) is 6.10 Å². The molecule has 12 heavy (non-hydrogen) atoms. The molecule has 70 valence electrons. The van der Waals surface area contributed by atoms with Gasteiger partial charge in [-0.25, -0.2) is 0 Å². The Hall–Kier alpha value is -0.610. The third-order valence-electron chi connectivity index (χ3n) is 2.10. The molecule has 0 unspecified atom stereocenters. The van der Waals surface area contributed by atoms with Crippen molar-refractivity contribution < 1.29 is 9.90 Å². The summed E-state index contributed by atoms with van der Waals surface area (Å²) in [4.78, 5) is 13.1. The maximum Gasteiger partial charge on any atom is 0.251 e. The molecule has 0 bridgehead atoms. The molecular weight excluding hydrogens is 156 g/mol. The Morgan fingerprint density at radius 2 is 2.17 bits per heavy atom. The lowest BCUT2D eigenvalue weighted by Crippen LogP contribution is -2.49. The highest BCUT2D eigenvalue weighted by molar-refractivity contribution is 5.80. The third-order valence-corrected chi connectivity index (χ3v) is 2.10. The van der Waals surface area contributed by atoms with Crippen molar-refractivity contribution >= 4 is 5.91 Å². The molecule has 0 aromatic carbocycles. The average Bonchev–Trinajstić information content (AvgIpc) is 2.17. The van der Waals surface area contributed by atoms with Crippen molar-refractivity contribution in [3.8, 4) is 0 Å². The van der Waals surface area contributed by atoms with Gasteiger partial charge in [0, 0.05) is 26.2 Å². The second-order valence-electron chi connectivity index (χ2n) is 3.00. The van der Waals surface area contributed by atoms with E-state index in [9.17, 15) is 9.90 Å². The molecule has 1 atom stereocenters. The SMILES string of the molecule is CC[C@H](O)C(=O)N1CCNCC1. The Labute approximate surface area is 72.6 Å². The van der Waals surface area contributed by atoms with Crippen LogP contribution in [0, 0.1) is 0 Å². The van der Waals surface area contributed by atoms with E-state index in [1.54, 1.807) is 4.90 Å². The summed E-state index contributed by atoms with van der Waals surface area (Å²) >= 11 is 0. The second-order valence-corrected chi connectivity index (χ2v) is 3.00. The van der Waals surface area contributed by atoms with E-state index in [0.29, 0.717) is 6.42 Å². The van der Waals surface area contributed by atoms with Gasteiger partial charge in [-0.1, -0.05) is 6.92 Å². The fourth-order valence-electron chi connectivity index (χ4n) is 1.27. The van der Waals surface area contributed by atoms with Crippen molar-refractivity contribution in [2.75, 3.05) is 26.2 Å². The molecule has 1 aliphatic rings. The van der Waals surface area contributed by atoms with Crippen LogP contribution in [0.25, 0.3) is 0 Å². The Morgan fingerprint density at radius 3 is 2.67 bits per heavy atom. The molecule has 1 amide bonds. The number of carbonyl (C=O) groups excluding carboxylic acids is 1. The topological polar surface area (TPSA) is 52.6 Å². The Balaban J connectivity index is 2.39. The van der Waals surface area contributed by atoms with Gasteiger partial charge >= 0.3 is 0 Å². The minimum atomic E-state index is -0.803. The summed E-state index contributed by atoms with van der Waals surface area (Å²) in [5.74, 6) is -0.126. The van der Waals surface area contributed by atoms with Crippen molar-refractivity contribution in [2.24, 2.45) is 0 Å². The van der Waals surface area contributed by atoms with Crippen LogP contribution in [0.5, 0.6) is 0 Å². The first-order valence-corrected chi connectivity index (χ1v) is 4.43. The minimum absolute atomic E-state index is 0.126. The molecule has 0 radical (unpaired) electrons. The van der Waals surface area contributed by atoms with Crippen LogP contribution >= 0.6 is 0 Å². The molecule has 0 spiro atoms. The van der Waals surface area contributed by atoms with Crippen LogP contribution in [-0.4, -0.2) is 48.2 Å². The first kappa shape index (κ1) is 9.48. The van der Waals surface area contributed by atoms with E-state index in [4.69, 9.17) is 0 Å². The zero-order valence-electron chi connectivity index (χ0n) is 7.42. The van der Waals surface area contributed by atoms with E-state index in [0.717, 1.165) is 26.2 Å². The molecule has 1 rings (SSSR count). The van der Waals surface area contributed by atoms with E-state index in [2.05, 4.69) is 5.32 Å². The van der Waals surface area contributed by atoms with Gasteiger partial charge in [-0.3, -0.25) is 4.79 Å². The smallest absolute Gasteiger partial charge is 0.251 e. The predicted molar refractivity (Wildman–Crippen MR) is 45.7 cm³/mol. The maximum atomic E-state index is 11.4. The summed E-state index contributed by atoms with van der Waals surface area (Å²) < 4.78 is 0. The van der Waals surface area contributed by atoms with E-state index < -0.39 is 6.10 Å². The van der Waals surface area contributed by atoms with Gasteiger partial charge in [0.2, 0.25) is 0 Å². The lowest BCUT2D eigenvalue weighted by Gasteiger charge is -2.28. The molecule has 0 aromatic heterocycles. The van der Waals surface area contributed by atoms with Crippen molar-refractivity contribution in [3.63, 3.8) is 0 Å². The maximum absolute atomic E-state index is 11.4. The first-order chi connectivity index (χ1) is 5.75. The van der Waals surface area contributed by atoms with E-state index in [1.807, 2.05) is 6.92 Å². The lowest BCUT2D eigenvalue weighted by atomic mass is 10.2. The molecule has 4 heteroatoms. The molecule has 1 heterocycles. The molecule has 1 fully saturated rings. The highest BCUT2D eigenvalue weighted by atomic mass is 16.3. The standard InChI is InChI=1S/C8H16N2O2/c1-2-7(11)8(12)10-5-3-9-4-6-10/h7,9,11H,2-6H2,1H3/t7-/m0/s1. The third kappa shape index (κ3) is 2.19. The highest BCUT2D eigenvalue weighted by Gasteiger charge is 2.21. The van der Waals surface area contributed by atoms with Crippen LogP contribution in [0.1, 0.15) is 13.3 Å². The minimum Gasteiger partial charge on any atom is -0.383 e. The lowest BCUT2D eigenvalue weighted by molar-refractivity contribution is -0.140. The molecule has 4 nitrogen and oxygen atoms in total. The monoisotopic (exact) mass is 172 g/mol. The molecule has 0 saturated carbocycles. The molecule has 0 aromatic rings. The molecule has 0 aliphatic carbocycles. The number of aliphatic hydroxyl groups excluding tert-OH is 1. The quantitative estimate of drug-likeness (QED) is 0.573. The van der Waals surface area contributed by atoms with Crippen LogP contribution in [0.2, 0.25) is 0 Å². The Bertz CT molecular complexity index is 155.